The van der Waals surface area contributed by atoms with Crippen LogP contribution in [0.1, 0.15) is 73.6 Å². The number of nitrogens with one attached hydrogen (secondary N) is 4. The van der Waals surface area contributed by atoms with Crippen LogP contribution in [0.4, 0.5) is 4.79 Å². The number of hydrazine groups is 1. The van der Waals surface area contributed by atoms with Gasteiger partial charge in [-0.1, -0.05) is 13.8 Å². The third kappa shape index (κ3) is 16.8. The summed E-state index contributed by atoms with van der Waals surface area (Å²) in [6.07, 6.45) is 1.88. The standard InChI is InChI=1S/C24H49N7O6/c1-16(2)19(21(34)30-17(20(25)33)8-7-12-28-22(26)35)31-18(32)9-10-23(3,4)36-14-11-24(5,6)37-15-13-29-27/h16-17,19,29H,7-15,27H2,1-6H3,(H2,25,33)(H,30,34)(H,31,32)(H3,26,28,35). The van der Waals surface area contributed by atoms with Crippen LogP contribution in [-0.4, -0.2) is 73.3 Å². The molecule has 0 fully saturated rings. The molecule has 0 radical (unpaired) electrons. The summed E-state index contributed by atoms with van der Waals surface area (Å²) in [4.78, 5) is 48.0. The second-order valence-electron chi connectivity index (χ2n) is 10.6. The molecule has 2 unspecified atom stereocenters. The lowest BCUT2D eigenvalue weighted by molar-refractivity contribution is -0.133. The number of rotatable bonds is 20. The number of carbonyl (C=O) groups excluding carboxylic acids is 4. The van der Waals surface area contributed by atoms with E-state index in [0.717, 1.165) is 0 Å². The van der Waals surface area contributed by atoms with Gasteiger partial charge in [-0.2, -0.15) is 0 Å². The average molecular weight is 532 g/mol. The second kappa shape index (κ2) is 17.1. The Morgan fingerprint density at radius 3 is 2.00 bits per heavy atom. The first-order chi connectivity index (χ1) is 17.1. The minimum atomic E-state index is -0.938. The predicted octanol–water partition coefficient (Wildman–Crippen LogP) is -0.230. The van der Waals surface area contributed by atoms with Gasteiger partial charge in [0.25, 0.3) is 0 Å². The smallest absolute Gasteiger partial charge is 0.312 e. The number of urea groups is 1. The lowest BCUT2D eigenvalue weighted by atomic mass is 9.99. The Balaban J connectivity index is 4.73. The first kappa shape index (κ1) is 34.5. The highest BCUT2D eigenvalue weighted by Crippen LogP contribution is 2.21. The van der Waals surface area contributed by atoms with Gasteiger partial charge in [0.1, 0.15) is 12.1 Å². The van der Waals surface area contributed by atoms with Crippen LogP contribution in [0.2, 0.25) is 0 Å². The minimum absolute atomic E-state index is 0.156. The molecule has 0 aromatic rings. The molecule has 2 atom stereocenters. The maximum Gasteiger partial charge on any atom is 0.312 e. The SMILES string of the molecule is CC(C)C(NC(=O)CCC(C)(C)OCCC(C)(C)OCCNN)C(=O)NC(CCCNC(N)=O)C(N)=O. The Hall–Kier alpha value is -2.48. The van der Waals surface area contributed by atoms with E-state index >= 15 is 0 Å². The number of hydrogen-bond donors (Lipinski definition) is 7. The van der Waals surface area contributed by atoms with Crippen molar-refractivity contribution in [3.05, 3.63) is 0 Å². The van der Waals surface area contributed by atoms with Crippen molar-refractivity contribution in [3.63, 3.8) is 0 Å². The highest BCUT2D eigenvalue weighted by Gasteiger charge is 2.29. The van der Waals surface area contributed by atoms with Crippen molar-refractivity contribution in [2.24, 2.45) is 23.2 Å². The quantitative estimate of drug-likeness (QED) is 0.0631. The largest absolute Gasteiger partial charge is 0.375 e. The summed E-state index contributed by atoms with van der Waals surface area (Å²) in [6, 6.07) is -2.46. The van der Waals surface area contributed by atoms with E-state index in [1.165, 1.54) is 0 Å². The molecule has 0 saturated carbocycles. The van der Waals surface area contributed by atoms with Crippen LogP contribution in [0.15, 0.2) is 0 Å². The normalized spacial score (nSPS) is 13.6. The van der Waals surface area contributed by atoms with Crippen molar-refractivity contribution >= 4 is 23.8 Å². The summed E-state index contributed by atoms with van der Waals surface area (Å²) in [6.45, 7) is 13.1. The van der Waals surface area contributed by atoms with Gasteiger partial charge in [-0.15, -0.1) is 0 Å². The lowest BCUT2D eigenvalue weighted by Crippen LogP contribution is -2.55. The summed E-state index contributed by atoms with van der Waals surface area (Å²) in [5, 5.41) is 7.77. The monoisotopic (exact) mass is 531 g/mol. The zero-order valence-corrected chi connectivity index (χ0v) is 23.3. The molecule has 13 heteroatoms. The van der Waals surface area contributed by atoms with E-state index in [0.29, 0.717) is 39.0 Å². The van der Waals surface area contributed by atoms with E-state index in [2.05, 4.69) is 21.4 Å². The van der Waals surface area contributed by atoms with Gasteiger partial charge < -0.3 is 36.9 Å². The van der Waals surface area contributed by atoms with Crippen molar-refractivity contribution in [1.29, 1.82) is 0 Å². The first-order valence-corrected chi connectivity index (χ1v) is 12.7. The van der Waals surface area contributed by atoms with Crippen LogP contribution < -0.4 is 38.7 Å². The Bertz CT molecular complexity index is 730. The fraction of sp³-hybridized carbons (Fsp3) is 0.833. The molecule has 0 bridgehead atoms. The minimum Gasteiger partial charge on any atom is -0.375 e. The van der Waals surface area contributed by atoms with E-state index in [-0.39, 0.29) is 36.8 Å². The van der Waals surface area contributed by atoms with Gasteiger partial charge in [0.15, 0.2) is 0 Å². The number of carbonyl (C=O) groups is 4. The molecule has 5 amide bonds. The van der Waals surface area contributed by atoms with Crippen molar-refractivity contribution in [3.8, 4) is 0 Å². The fourth-order valence-electron chi connectivity index (χ4n) is 3.36. The summed E-state index contributed by atoms with van der Waals surface area (Å²) >= 11 is 0. The van der Waals surface area contributed by atoms with E-state index < -0.39 is 35.5 Å². The van der Waals surface area contributed by atoms with E-state index in [1.54, 1.807) is 13.8 Å². The molecule has 0 heterocycles. The number of nitrogens with two attached hydrogens (primary N) is 3. The number of amides is 5. The van der Waals surface area contributed by atoms with Gasteiger partial charge >= 0.3 is 6.03 Å². The van der Waals surface area contributed by atoms with Gasteiger partial charge in [0, 0.05) is 19.5 Å². The number of primary amides is 2. The Kier molecular flexibility index (Phi) is 16.0. The Morgan fingerprint density at radius 2 is 1.46 bits per heavy atom. The van der Waals surface area contributed by atoms with E-state index in [1.807, 2.05) is 27.7 Å². The molecule has 10 N–H and O–H groups in total. The van der Waals surface area contributed by atoms with Crippen molar-refractivity contribution < 1.29 is 28.7 Å². The second-order valence-corrected chi connectivity index (χ2v) is 10.6. The molecular weight excluding hydrogens is 482 g/mol. The summed E-state index contributed by atoms with van der Waals surface area (Å²) < 4.78 is 11.8. The highest BCUT2D eigenvalue weighted by molar-refractivity contribution is 5.91. The Labute approximate surface area is 220 Å². The molecule has 0 aromatic carbocycles. The molecular formula is C24H49N7O6. The number of ether oxygens (including phenoxy) is 2. The molecule has 0 spiro atoms. The zero-order chi connectivity index (χ0) is 28.6. The van der Waals surface area contributed by atoms with Crippen LogP contribution in [0.3, 0.4) is 0 Å². The molecule has 0 saturated heterocycles. The third-order valence-electron chi connectivity index (χ3n) is 5.78. The lowest BCUT2D eigenvalue weighted by Gasteiger charge is -2.30. The number of hydrogen-bond acceptors (Lipinski definition) is 8. The van der Waals surface area contributed by atoms with Gasteiger partial charge in [0.2, 0.25) is 17.7 Å². The van der Waals surface area contributed by atoms with Crippen molar-refractivity contribution in [2.75, 3.05) is 26.3 Å². The van der Waals surface area contributed by atoms with Crippen LogP contribution in [0, 0.1) is 5.92 Å². The average Bonchev–Trinajstić information content (AvgIpc) is 2.77. The van der Waals surface area contributed by atoms with Gasteiger partial charge in [-0.05, 0) is 59.3 Å². The highest BCUT2D eigenvalue weighted by atomic mass is 16.5. The zero-order valence-electron chi connectivity index (χ0n) is 23.3. The van der Waals surface area contributed by atoms with Crippen LogP contribution in [0.25, 0.3) is 0 Å². The maximum atomic E-state index is 12.8. The van der Waals surface area contributed by atoms with Crippen molar-refractivity contribution in [1.82, 2.24) is 21.4 Å². The summed E-state index contributed by atoms with van der Waals surface area (Å²) in [5.74, 6) is 3.52. The molecule has 0 aliphatic heterocycles. The first-order valence-electron chi connectivity index (χ1n) is 12.7. The molecule has 0 aromatic heterocycles. The van der Waals surface area contributed by atoms with Crippen LogP contribution in [-0.2, 0) is 23.9 Å². The molecule has 216 valence electrons. The van der Waals surface area contributed by atoms with Gasteiger partial charge in [-0.25, -0.2) is 4.79 Å². The molecule has 37 heavy (non-hydrogen) atoms. The topological polar surface area (TPSA) is 213 Å². The van der Waals surface area contributed by atoms with Gasteiger partial charge in [0.05, 0.1) is 24.4 Å². The predicted molar refractivity (Wildman–Crippen MR) is 141 cm³/mol. The summed E-state index contributed by atoms with van der Waals surface area (Å²) in [7, 11) is 0. The van der Waals surface area contributed by atoms with E-state index in [9.17, 15) is 19.2 Å². The van der Waals surface area contributed by atoms with E-state index in [4.69, 9.17) is 26.8 Å². The van der Waals surface area contributed by atoms with Crippen LogP contribution in [0.5, 0.6) is 0 Å². The third-order valence-corrected chi connectivity index (χ3v) is 5.78. The van der Waals surface area contributed by atoms with Crippen LogP contribution >= 0.6 is 0 Å². The summed E-state index contributed by atoms with van der Waals surface area (Å²) in [5.41, 5.74) is 12.0. The molecule has 0 aliphatic rings. The molecule has 0 rings (SSSR count). The fourth-order valence-corrected chi connectivity index (χ4v) is 3.36. The molecule has 0 aliphatic carbocycles. The van der Waals surface area contributed by atoms with Gasteiger partial charge in [-0.3, -0.25) is 25.7 Å². The Morgan fingerprint density at radius 1 is 0.865 bits per heavy atom. The van der Waals surface area contributed by atoms with Crippen molar-refractivity contribution in [2.45, 2.75) is 96.9 Å². The maximum absolute atomic E-state index is 12.8. The molecule has 13 nitrogen and oxygen atoms in total.